The second kappa shape index (κ2) is 7.85. The number of hydrogen-bond donors (Lipinski definition) is 0. The molecule has 0 heterocycles. The minimum atomic E-state index is -0.210. The van der Waals surface area contributed by atoms with Gasteiger partial charge in [0.1, 0.15) is 5.75 Å². The zero-order valence-electron chi connectivity index (χ0n) is 13.6. The second-order valence-electron chi connectivity index (χ2n) is 5.78. The number of benzene rings is 1. The van der Waals surface area contributed by atoms with Gasteiger partial charge in [-0.15, -0.1) is 6.42 Å². The molecule has 2 atom stereocenters. The van der Waals surface area contributed by atoms with Crippen LogP contribution < -0.4 is 4.74 Å². The van der Waals surface area contributed by atoms with Crippen LogP contribution in [0.15, 0.2) is 24.3 Å². The van der Waals surface area contributed by atoms with Crippen LogP contribution in [0.4, 0.5) is 0 Å². The van der Waals surface area contributed by atoms with Crippen LogP contribution in [0.1, 0.15) is 33.3 Å². The normalized spacial score (nSPS) is 13.8. The van der Waals surface area contributed by atoms with Crippen molar-refractivity contribution in [2.24, 2.45) is 5.92 Å². The lowest BCUT2D eigenvalue weighted by Crippen LogP contribution is -2.37. The van der Waals surface area contributed by atoms with Gasteiger partial charge < -0.3 is 4.74 Å². The summed E-state index contributed by atoms with van der Waals surface area (Å²) < 4.78 is 5.34. The van der Waals surface area contributed by atoms with E-state index in [1.165, 1.54) is 0 Å². The van der Waals surface area contributed by atoms with Crippen molar-refractivity contribution in [2.45, 2.75) is 46.2 Å². The Morgan fingerprint density at radius 1 is 1.33 bits per heavy atom. The number of hydrogen-bond acceptors (Lipinski definition) is 3. The third-order valence-electron chi connectivity index (χ3n) is 3.67. The monoisotopic (exact) mass is 287 g/mol. The van der Waals surface area contributed by atoms with Crippen LogP contribution in [0.5, 0.6) is 5.75 Å². The predicted molar refractivity (Wildman–Crippen MR) is 86.1 cm³/mol. The molecule has 114 valence electrons. The Balaban J connectivity index is 2.73. The van der Waals surface area contributed by atoms with Gasteiger partial charge in [-0.05, 0) is 45.0 Å². The molecule has 0 bridgehead atoms. The third-order valence-corrected chi connectivity index (χ3v) is 3.67. The lowest BCUT2D eigenvalue weighted by molar-refractivity contribution is -0.137. The van der Waals surface area contributed by atoms with E-state index in [-0.39, 0.29) is 17.9 Å². The van der Waals surface area contributed by atoms with Crippen LogP contribution in [0.2, 0.25) is 0 Å². The van der Waals surface area contributed by atoms with Crippen molar-refractivity contribution < 1.29 is 9.53 Å². The smallest absolute Gasteiger partial charge is 0.313 e. The van der Waals surface area contributed by atoms with Crippen LogP contribution in [-0.4, -0.2) is 30.0 Å². The summed E-state index contributed by atoms with van der Waals surface area (Å²) in [6.07, 6.45) is 6.32. The number of rotatable bonds is 6. The number of nitrogens with zero attached hydrogens (tertiary/aromatic N) is 1. The van der Waals surface area contributed by atoms with Crippen LogP contribution in [0.25, 0.3) is 0 Å². The van der Waals surface area contributed by atoms with Crippen molar-refractivity contribution >= 4 is 5.97 Å². The molecule has 0 aliphatic rings. The van der Waals surface area contributed by atoms with Gasteiger partial charge in [0, 0.05) is 6.04 Å². The molecule has 0 aromatic heterocycles. The van der Waals surface area contributed by atoms with E-state index >= 15 is 0 Å². The molecule has 0 saturated heterocycles. The molecule has 1 aromatic carbocycles. The highest BCUT2D eigenvalue weighted by atomic mass is 16.5. The highest BCUT2D eigenvalue weighted by Gasteiger charge is 2.15. The van der Waals surface area contributed by atoms with Crippen LogP contribution >= 0.6 is 0 Å². The maximum absolute atomic E-state index is 11.6. The summed E-state index contributed by atoms with van der Waals surface area (Å²) in [5, 5.41) is 0. The van der Waals surface area contributed by atoms with Gasteiger partial charge in [0.2, 0.25) is 0 Å². The van der Waals surface area contributed by atoms with E-state index in [1.54, 1.807) is 0 Å². The van der Waals surface area contributed by atoms with Gasteiger partial charge in [-0.2, -0.15) is 0 Å². The van der Waals surface area contributed by atoms with Crippen molar-refractivity contribution in [1.82, 2.24) is 4.90 Å². The molecular weight excluding hydrogens is 262 g/mol. The zero-order chi connectivity index (χ0) is 16.0. The Morgan fingerprint density at radius 2 is 2.00 bits per heavy atom. The van der Waals surface area contributed by atoms with E-state index in [0.717, 1.165) is 12.0 Å². The molecule has 0 aliphatic carbocycles. The summed E-state index contributed by atoms with van der Waals surface area (Å²) in [6.45, 7) is 7.80. The molecule has 0 fully saturated rings. The standard InChI is InChI=1S/C18H25NO2/c1-7-14(4)19(6)15(5)11-16-9-8-10-17(12-16)21-18(20)13(2)3/h1,8-10,12-15H,11H2,2-6H3. The first-order chi connectivity index (χ1) is 9.85. The van der Waals surface area contributed by atoms with Gasteiger partial charge >= 0.3 is 5.97 Å². The van der Waals surface area contributed by atoms with E-state index in [9.17, 15) is 4.79 Å². The first-order valence-electron chi connectivity index (χ1n) is 7.33. The lowest BCUT2D eigenvalue weighted by Gasteiger charge is -2.27. The fourth-order valence-electron chi connectivity index (χ4n) is 1.95. The van der Waals surface area contributed by atoms with Crippen LogP contribution in [0, 0.1) is 18.3 Å². The van der Waals surface area contributed by atoms with Crippen molar-refractivity contribution in [1.29, 1.82) is 0 Å². The second-order valence-corrected chi connectivity index (χ2v) is 5.78. The first-order valence-corrected chi connectivity index (χ1v) is 7.33. The maximum atomic E-state index is 11.6. The van der Waals surface area contributed by atoms with Crippen molar-refractivity contribution in [3.05, 3.63) is 29.8 Å². The Labute approximate surface area is 128 Å². The Bertz CT molecular complexity index is 516. The molecule has 1 aromatic rings. The van der Waals surface area contributed by atoms with Gasteiger partial charge in [0.05, 0.1) is 12.0 Å². The van der Waals surface area contributed by atoms with Crippen molar-refractivity contribution in [3.8, 4) is 18.1 Å². The van der Waals surface area contributed by atoms with Gasteiger partial charge in [-0.25, -0.2) is 0 Å². The largest absolute Gasteiger partial charge is 0.426 e. The lowest BCUT2D eigenvalue weighted by atomic mass is 10.0. The molecule has 0 amide bonds. The van der Waals surface area contributed by atoms with E-state index in [2.05, 4.69) is 17.7 Å². The molecular formula is C18H25NO2. The SMILES string of the molecule is C#CC(C)N(C)C(C)Cc1cccc(OC(=O)C(C)C)c1. The zero-order valence-corrected chi connectivity index (χ0v) is 13.6. The molecule has 0 radical (unpaired) electrons. The highest BCUT2D eigenvalue weighted by Crippen LogP contribution is 2.17. The molecule has 0 saturated carbocycles. The third kappa shape index (κ3) is 5.24. The van der Waals surface area contributed by atoms with Gasteiger partial charge in [0.25, 0.3) is 0 Å². The molecule has 21 heavy (non-hydrogen) atoms. The molecule has 0 N–H and O–H groups in total. The van der Waals surface area contributed by atoms with E-state index in [0.29, 0.717) is 11.8 Å². The molecule has 0 spiro atoms. The first kappa shape index (κ1) is 17.3. The average molecular weight is 287 g/mol. The molecule has 3 nitrogen and oxygen atoms in total. The summed E-state index contributed by atoms with van der Waals surface area (Å²) in [5.41, 5.74) is 1.13. The Kier molecular flexibility index (Phi) is 6.45. The number of terminal acetylenes is 1. The van der Waals surface area contributed by atoms with Gasteiger partial charge in [0.15, 0.2) is 0 Å². The Hall–Kier alpha value is -1.79. The summed E-state index contributed by atoms with van der Waals surface area (Å²) >= 11 is 0. The quantitative estimate of drug-likeness (QED) is 0.457. The van der Waals surface area contributed by atoms with E-state index in [4.69, 9.17) is 11.2 Å². The number of carbonyl (C=O) groups is 1. The fraction of sp³-hybridized carbons (Fsp3) is 0.500. The molecule has 1 rings (SSSR count). The highest BCUT2D eigenvalue weighted by molar-refractivity contribution is 5.74. The van der Waals surface area contributed by atoms with Crippen LogP contribution in [0.3, 0.4) is 0 Å². The van der Waals surface area contributed by atoms with Crippen LogP contribution in [-0.2, 0) is 11.2 Å². The van der Waals surface area contributed by atoms with E-state index in [1.807, 2.05) is 52.1 Å². The number of likely N-dealkylation sites (N-methyl/N-ethyl adjacent to an activating group) is 1. The average Bonchev–Trinajstić information content (AvgIpc) is 2.45. The minimum Gasteiger partial charge on any atom is -0.426 e. The van der Waals surface area contributed by atoms with Gasteiger partial charge in [-0.1, -0.05) is 31.9 Å². The number of carbonyl (C=O) groups excluding carboxylic acids is 1. The maximum Gasteiger partial charge on any atom is 0.313 e. The topological polar surface area (TPSA) is 29.5 Å². The van der Waals surface area contributed by atoms with Gasteiger partial charge in [-0.3, -0.25) is 9.69 Å². The minimum absolute atomic E-state index is 0.0990. The molecule has 0 aliphatic heterocycles. The summed E-state index contributed by atoms with van der Waals surface area (Å²) in [7, 11) is 2.03. The van der Waals surface area contributed by atoms with Crippen molar-refractivity contribution in [3.63, 3.8) is 0 Å². The van der Waals surface area contributed by atoms with E-state index < -0.39 is 0 Å². The number of ether oxygens (including phenoxy) is 1. The molecule has 3 heteroatoms. The van der Waals surface area contributed by atoms with Crippen molar-refractivity contribution in [2.75, 3.05) is 7.05 Å². The summed E-state index contributed by atoms with van der Waals surface area (Å²) in [4.78, 5) is 13.8. The summed E-state index contributed by atoms with van der Waals surface area (Å²) in [5.74, 6) is 3.00. The number of esters is 1. The summed E-state index contributed by atoms with van der Waals surface area (Å²) in [6, 6.07) is 8.09. The predicted octanol–water partition coefficient (Wildman–Crippen LogP) is 3.13. The fourth-order valence-corrected chi connectivity index (χ4v) is 1.95. The Morgan fingerprint density at radius 3 is 2.57 bits per heavy atom. The molecule has 2 unspecified atom stereocenters.